The lowest BCUT2D eigenvalue weighted by molar-refractivity contribution is 0.0603. The van der Waals surface area contributed by atoms with Gasteiger partial charge in [0.15, 0.2) is 0 Å². The number of aromatic amines is 1. The summed E-state index contributed by atoms with van der Waals surface area (Å²) in [5.74, 6) is 0.883. The number of likely N-dealkylation sites (tertiary alicyclic amines) is 1. The number of aromatic nitrogens is 2. The molecule has 1 N–H and O–H groups in total. The number of carbonyl (C=O) groups excluding carboxylic acids is 1. The number of amides is 1. The summed E-state index contributed by atoms with van der Waals surface area (Å²) in [5.41, 5.74) is 1.62. The van der Waals surface area contributed by atoms with Crippen molar-refractivity contribution in [3.05, 3.63) is 64.6 Å². The van der Waals surface area contributed by atoms with Crippen molar-refractivity contribution in [2.24, 2.45) is 0 Å². The van der Waals surface area contributed by atoms with Crippen molar-refractivity contribution in [1.82, 2.24) is 14.9 Å². The van der Waals surface area contributed by atoms with Gasteiger partial charge < -0.3 is 9.88 Å². The molecule has 4 rings (SSSR count). The molecule has 4 nitrogen and oxygen atoms in total. The molecular formula is C21H23N3OS. The second kappa shape index (κ2) is 7.87. The van der Waals surface area contributed by atoms with Crippen LogP contribution in [0.15, 0.2) is 54.2 Å². The molecule has 1 aromatic carbocycles. The average Bonchev–Trinajstić information content (AvgIpc) is 3.40. The third-order valence-electron chi connectivity index (χ3n) is 5.10. The van der Waals surface area contributed by atoms with Gasteiger partial charge in [-0.1, -0.05) is 24.3 Å². The van der Waals surface area contributed by atoms with Crippen LogP contribution in [-0.2, 0) is 6.42 Å². The van der Waals surface area contributed by atoms with Crippen molar-refractivity contribution in [3.8, 4) is 11.4 Å². The molecule has 1 aliphatic heterocycles. The van der Waals surface area contributed by atoms with Crippen LogP contribution in [0.4, 0.5) is 0 Å². The second-order valence-corrected chi connectivity index (χ2v) is 7.78. The molecule has 1 fully saturated rings. The summed E-state index contributed by atoms with van der Waals surface area (Å²) >= 11 is 1.80. The molecule has 0 bridgehead atoms. The van der Waals surface area contributed by atoms with E-state index in [-0.39, 0.29) is 5.91 Å². The fourth-order valence-corrected chi connectivity index (χ4v) is 4.50. The molecule has 3 heterocycles. The third-order valence-corrected chi connectivity index (χ3v) is 6.04. The van der Waals surface area contributed by atoms with E-state index in [9.17, 15) is 4.79 Å². The predicted octanol–water partition coefficient (Wildman–Crippen LogP) is 4.77. The van der Waals surface area contributed by atoms with E-state index in [2.05, 4.69) is 32.4 Å². The topological polar surface area (TPSA) is 49.0 Å². The van der Waals surface area contributed by atoms with Crippen molar-refractivity contribution in [1.29, 1.82) is 0 Å². The highest BCUT2D eigenvalue weighted by atomic mass is 32.1. The SMILES string of the molecule is O=C(c1ccccc1-c1ncc[nH]1)N1CCCC[C@@H]1CCc1cccs1. The van der Waals surface area contributed by atoms with Crippen LogP contribution in [-0.4, -0.2) is 33.4 Å². The summed E-state index contributed by atoms with van der Waals surface area (Å²) in [6.07, 6.45) is 8.99. The number of carbonyl (C=O) groups is 1. The number of nitrogens with zero attached hydrogens (tertiary/aromatic N) is 2. The van der Waals surface area contributed by atoms with Gasteiger partial charge in [-0.25, -0.2) is 4.98 Å². The quantitative estimate of drug-likeness (QED) is 0.708. The zero-order valence-electron chi connectivity index (χ0n) is 14.7. The van der Waals surface area contributed by atoms with E-state index < -0.39 is 0 Å². The molecule has 5 heteroatoms. The highest BCUT2D eigenvalue weighted by Gasteiger charge is 2.28. The Hall–Kier alpha value is -2.40. The fourth-order valence-electron chi connectivity index (χ4n) is 3.78. The number of hydrogen-bond donors (Lipinski definition) is 1. The van der Waals surface area contributed by atoms with Crippen LogP contribution in [0.2, 0.25) is 0 Å². The van der Waals surface area contributed by atoms with Gasteiger partial charge in [0.05, 0.1) is 5.56 Å². The molecule has 134 valence electrons. The molecule has 3 aromatic rings. The smallest absolute Gasteiger partial charge is 0.254 e. The van der Waals surface area contributed by atoms with Gasteiger partial charge in [-0.15, -0.1) is 11.3 Å². The first kappa shape index (κ1) is 17.0. The summed E-state index contributed by atoms with van der Waals surface area (Å²) in [5, 5.41) is 2.12. The van der Waals surface area contributed by atoms with Crippen LogP contribution in [0.3, 0.4) is 0 Å². The molecule has 0 aliphatic carbocycles. The Labute approximate surface area is 157 Å². The van der Waals surface area contributed by atoms with Crippen LogP contribution in [0.25, 0.3) is 11.4 Å². The molecule has 1 aliphatic rings. The average molecular weight is 366 g/mol. The van der Waals surface area contributed by atoms with E-state index in [0.29, 0.717) is 6.04 Å². The predicted molar refractivity (Wildman–Crippen MR) is 105 cm³/mol. The van der Waals surface area contributed by atoms with E-state index in [1.807, 2.05) is 24.3 Å². The summed E-state index contributed by atoms with van der Waals surface area (Å²) in [4.78, 5) is 24.3. The number of aryl methyl sites for hydroxylation is 1. The minimum Gasteiger partial charge on any atom is -0.345 e. The first-order valence-corrected chi connectivity index (χ1v) is 10.1. The number of rotatable bonds is 5. The Morgan fingerprint density at radius 1 is 1.23 bits per heavy atom. The zero-order chi connectivity index (χ0) is 17.8. The Morgan fingerprint density at radius 3 is 2.96 bits per heavy atom. The van der Waals surface area contributed by atoms with Gasteiger partial charge in [-0.3, -0.25) is 4.79 Å². The van der Waals surface area contributed by atoms with Crippen LogP contribution in [0, 0.1) is 0 Å². The molecule has 1 saturated heterocycles. The van der Waals surface area contributed by atoms with Crippen molar-refractivity contribution < 1.29 is 4.79 Å². The maximum atomic E-state index is 13.4. The van der Waals surface area contributed by atoms with Crippen LogP contribution < -0.4 is 0 Å². The minimum atomic E-state index is 0.132. The maximum absolute atomic E-state index is 13.4. The number of H-pyrrole nitrogens is 1. The molecule has 0 radical (unpaired) electrons. The van der Waals surface area contributed by atoms with Gasteiger partial charge in [-0.05, 0) is 49.6 Å². The standard InChI is InChI=1S/C21H23N3OS/c25-21(19-9-2-1-8-18(19)20-22-12-13-23-20)24-14-4-3-6-16(24)10-11-17-7-5-15-26-17/h1-2,5,7-9,12-13,15-16H,3-4,6,10-11,14H2,(H,22,23)/t16-/m1/s1. The van der Waals surface area contributed by atoms with Gasteiger partial charge in [0.25, 0.3) is 5.91 Å². The number of hydrogen-bond acceptors (Lipinski definition) is 3. The van der Waals surface area contributed by atoms with Gasteiger partial charge in [0.1, 0.15) is 5.82 Å². The van der Waals surface area contributed by atoms with Crippen molar-refractivity contribution in [2.45, 2.75) is 38.1 Å². The molecule has 0 spiro atoms. The monoisotopic (exact) mass is 365 g/mol. The molecule has 0 unspecified atom stereocenters. The van der Waals surface area contributed by atoms with Gasteiger partial charge in [0.2, 0.25) is 0 Å². The number of piperidine rings is 1. The lowest BCUT2D eigenvalue weighted by atomic mass is 9.95. The molecular weight excluding hydrogens is 342 g/mol. The van der Waals surface area contributed by atoms with E-state index in [1.165, 1.54) is 11.3 Å². The molecule has 26 heavy (non-hydrogen) atoms. The van der Waals surface area contributed by atoms with E-state index >= 15 is 0 Å². The molecule has 2 aromatic heterocycles. The first-order valence-electron chi connectivity index (χ1n) is 9.25. The van der Waals surface area contributed by atoms with E-state index in [4.69, 9.17) is 0 Å². The van der Waals surface area contributed by atoms with Crippen molar-refractivity contribution in [3.63, 3.8) is 0 Å². The molecule has 0 saturated carbocycles. The summed E-state index contributed by atoms with van der Waals surface area (Å²) in [6, 6.07) is 12.4. The van der Waals surface area contributed by atoms with Gasteiger partial charge in [-0.2, -0.15) is 0 Å². The van der Waals surface area contributed by atoms with Crippen LogP contribution in [0.1, 0.15) is 40.9 Å². The Bertz CT molecular complexity index is 842. The first-order chi connectivity index (χ1) is 12.8. The van der Waals surface area contributed by atoms with Gasteiger partial charge in [0, 0.05) is 35.4 Å². The Morgan fingerprint density at radius 2 is 2.15 bits per heavy atom. The number of thiophene rings is 1. The zero-order valence-corrected chi connectivity index (χ0v) is 15.5. The summed E-state index contributed by atoms with van der Waals surface area (Å²) in [6.45, 7) is 0.848. The number of benzene rings is 1. The third kappa shape index (κ3) is 3.58. The second-order valence-electron chi connectivity index (χ2n) is 6.75. The molecule has 1 amide bonds. The highest BCUT2D eigenvalue weighted by Crippen LogP contribution is 2.27. The normalized spacial score (nSPS) is 17.4. The fraction of sp³-hybridized carbons (Fsp3) is 0.333. The van der Waals surface area contributed by atoms with E-state index in [0.717, 1.165) is 49.2 Å². The van der Waals surface area contributed by atoms with Gasteiger partial charge >= 0.3 is 0 Å². The van der Waals surface area contributed by atoms with Crippen molar-refractivity contribution >= 4 is 17.2 Å². The Kier molecular flexibility index (Phi) is 5.16. The number of imidazole rings is 1. The number of nitrogens with one attached hydrogen (secondary N) is 1. The minimum absolute atomic E-state index is 0.132. The Balaban J connectivity index is 1.56. The highest BCUT2D eigenvalue weighted by molar-refractivity contribution is 7.09. The van der Waals surface area contributed by atoms with E-state index in [1.54, 1.807) is 23.7 Å². The van der Waals surface area contributed by atoms with Crippen LogP contribution >= 0.6 is 11.3 Å². The maximum Gasteiger partial charge on any atom is 0.254 e. The van der Waals surface area contributed by atoms with Crippen molar-refractivity contribution in [2.75, 3.05) is 6.54 Å². The summed E-state index contributed by atoms with van der Waals surface area (Å²) < 4.78 is 0. The summed E-state index contributed by atoms with van der Waals surface area (Å²) in [7, 11) is 0. The largest absolute Gasteiger partial charge is 0.345 e. The van der Waals surface area contributed by atoms with Crippen LogP contribution in [0.5, 0.6) is 0 Å². The molecule has 1 atom stereocenters. The lowest BCUT2D eigenvalue weighted by Crippen LogP contribution is -2.44. The lowest BCUT2D eigenvalue weighted by Gasteiger charge is -2.36.